The molecule has 2 N–H and O–H groups in total. The summed E-state index contributed by atoms with van der Waals surface area (Å²) in [5.74, 6) is 1.71. The van der Waals surface area contributed by atoms with Gasteiger partial charge in [0.15, 0.2) is 5.96 Å². The van der Waals surface area contributed by atoms with Crippen LogP contribution in [0.5, 0.6) is 0 Å². The lowest BCUT2D eigenvalue weighted by atomic mass is 10.3. The molecule has 1 rings (SSSR count). The molecule has 152 valence electrons. The van der Waals surface area contributed by atoms with Gasteiger partial charge in [-0.3, -0.25) is 4.99 Å². The fraction of sp³-hybridized carbons (Fsp3) is 0.722. The summed E-state index contributed by atoms with van der Waals surface area (Å²) in [5, 5.41) is 6.59. The van der Waals surface area contributed by atoms with Gasteiger partial charge >= 0.3 is 0 Å². The van der Waals surface area contributed by atoms with Crippen molar-refractivity contribution in [1.29, 1.82) is 0 Å². The monoisotopic (exact) mass is 483 g/mol. The van der Waals surface area contributed by atoms with E-state index in [-0.39, 0.29) is 24.0 Å². The number of nitrogens with zero attached hydrogens (tertiary/aromatic N) is 1. The molecule has 7 nitrogen and oxygen atoms in total. The number of ether oxygens (including phenoxy) is 3. The zero-order valence-corrected chi connectivity index (χ0v) is 18.3. The molecule has 8 heteroatoms. The van der Waals surface area contributed by atoms with Crippen LogP contribution in [-0.4, -0.2) is 59.1 Å². The largest absolute Gasteiger partial charge is 0.467 e. The standard InChI is InChI=1S/C18H33N3O4.HI/c1-3-19-18(20-9-4-5-11-23-15-14-22-2)21-10-7-12-24-16-17-8-6-13-25-17;/h6,8,13H,3-5,7,9-12,14-16H2,1-2H3,(H2,19,20,21);1H. The Morgan fingerprint density at radius 3 is 2.65 bits per heavy atom. The van der Waals surface area contributed by atoms with Gasteiger partial charge in [0.25, 0.3) is 0 Å². The Morgan fingerprint density at radius 2 is 1.92 bits per heavy atom. The third-order valence-corrected chi connectivity index (χ3v) is 3.33. The normalized spacial score (nSPS) is 11.2. The number of hydrogen-bond donors (Lipinski definition) is 2. The van der Waals surface area contributed by atoms with Crippen LogP contribution in [0.25, 0.3) is 0 Å². The number of unbranched alkanes of at least 4 members (excludes halogenated alkanes) is 1. The lowest BCUT2D eigenvalue weighted by Crippen LogP contribution is -2.38. The molecule has 0 bridgehead atoms. The molecule has 0 amide bonds. The van der Waals surface area contributed by atoms with Crippen molar-refractivity contribution in [2.24, 2.45) is 4.99 Å². The zero-order chi connectivity index (χ0) is 18.0. The Balaban J connectivity index is 0.00000625. The van der Waals surface area contributed by atoms with Gasteiger partial charge in [0.2, 0.25) is 0 Å². The number of hydrogen-bond acceptors (Lipinski definition) is 5. The zero-order valence-electron chi connectivity index (χ0n) is 16.0. The Morgan fingerprint density at radius 1 is 1.08 bits per heavy atom. The highest BCUT2D eigenvalue weighted by molar-refractivity contribution is 14.0. The fourth-order valence-electron chi connectivity index (χ4n) is 2.05. The second kappa shape index (κ2) is 18.9. The number of guanidine groups is 1. The summed E-state index contributed by atoms with van der Waals surface area (Å²) < 4.78 is 21.1. The van der Waals surface area contributed by atoms with Crippen molar-refractivity contribution in [3.63, 3.8) is 0 Å². The maximum absolute atomic E-state index is 5.55. The molecule has 0 spiro atoms. The molecule has 0 aliphatic heterocycles. The van der Waals surface area contributed by atoms with E-state index < -0.39 is 0 Å². The first-order chi connectivity index (χ1) is 12.4. The van der Waals surface area contributed by atoms with Crippen LogP contribution in [0.4, 0.5) is 0 Å². The Hall–Kier alpha value is -0.840. The lowest BCUT2D eigenvalue weighted by Gasteiger charge is -2.11. The summed E-state index contributed by atoms with van der Waals surface area (Å²) in [6, 6.07) is 3.77. The first-order valence-corrected chi connectivity index (χ1v) is 9.05. The maximum atomic E-state index is 5.55. The number of nitrogens with one attached hydrogen (secondary N) is 2. The second-order valence-corrected chi connectivity index (χ2v) is 5.49. The number of furan rings is 1. The number of rotatable bonds is 15. The molecule has 0 unspecified atom stereocenters. The average molecular weight is 483 g/mol. The topological polar surface area (TPSA) is 77.3 Å². The summed E-state index contributed by atoms with van der Waals surface area (Å²) in [6.45, 7) is 7.79. The average Bonchev–Trinajstić information content (AvgIpc) is 3.13. The van der Waals surface area contributed by atoms with Gasteiger partial charge in [-0.1, -0.05) is 0 Å². The Labute approximate surface area is 174 Å². The molecule has 0 aliphatic rings. The van der Waals surface area contributed by atoms with Crippen LogP contribution < -0.4 is 10.6 Å². The highest BCUT2D eigenvalue weighted by Crippen LogP contribution is 2.01. The summed E-state index contributed by atoms with van der Waals surface area (Å²) in [4.78, 5) is 4.55. The molecule has 0 radical (unpaired) electrons. The van der Waals surface area contributed by atoms with E-state index in [0.717, 1.165) is 57.2 Å². The number of halogens is 1. The third-order valence-electron chi connectivity index (χ3n) is 3.33. The summed E-state index contributed by atoms with van der Waals surface area (Å²) >= 11 is 0. The Kier molecular flexibility index (Phi) is 18.3. The summed E-state index contributed by atoms with van der Waals surface area (Å²) in [5.41, 5.74) is 0. The van der Waals surface area contributed by atoms with Gasteiger partial charge in [0.05, 0.1) is 19.5 Å². The van der Waals surface area contributed by atoms with Crippen molar-refractivity contribution in [2.45, 2.75) is 32.8 Å². The minimum absolute atomic E-state index is 0. The van der Waals surface area contributed by atoms with Crippen LogP contribution in [0.2, 0.25) is 0 Å². The third kappa shape index (κ3) is 14.3. The maximum Gasteiger partial charge on any atom is 0.191 e. The Bertz CT molecular complexity index is 430. The van der Waals surface area contributed by atoms with Gasteiger partial charge in [-0.15, -0.1) is 24.0 Å². The predicted octanol–water partition coefficient (Wildman–Crippen LogP) is 2.80. The van der Waals surface area contributed by atoms with E-state index in [1.54, 1.807) is 13.4 Å². The molecule has 0 atom stereocenters. The van der Waals surface area contributed by atoms with E-state index in [4.69, 9.17) is 18.6 Å². The van der Waals surface area contributed by atoms with Gasteiger partial charge in [0, 0.05) is 40.0 Å². The van der Waals surface area contributed by atoms with Crippen molar-refractivity contribution in [3.8, 4) is 0 Å². The van der Waals surface area contributed by atoms with Crippen molar-refractivity contribution < 1.29 is 18.6 Å². The van der Waals surface area contributed by atoms with Crippen LogP contribution in [0.1, 0.15) is 31.9 Å². The highest BCUT2D eigenvalue weighted by Gasteiger charge is 1.98. The smallest absolute Gasteiger partial charge is 0.191 e. The quantitative estimate of drug-likeness (QED) is 0.173. The number of methoxy groups -OCH3 is 1. The van der Waals surface area contributed by atoms with Crippen LogP contribution >= 0.6 is 24.0 Å². The second-order valence-electron chi connectivity index (χ2n) is 5.49. The van der Waals surface area contributed by atoms with Crippen molar-refractivity contribution in [2.75, 3.05) is 53.2 Å². The molecule has 1 aromatic heterocycles. The van der Waals surface area contributed by atoms with E-state index in [1.165, 1.54) is 0 Å². The van der Waals surface area contributed by atoms with Crippen LogP contribution in [-0.2, 0) is 20.8 Å². The fourth-order valence-corrected chi connectivity index (χ4v) is 2.05. The van der Waals surface area contributed by atoms with Crippen LogP contribution in [0, 0.1) is 0 Å². The van der Waals surface area contributed by atoms with Crippen molar-refractivity contribution in [1.82, 2.24) is 10.6 Å². The van der Waals surface area contributed by atoms with Gasteiger partial charge in [0.1, 0.15) is 12.4 Å². The minimum Gasteiger partial charge on any atom is -0.467 e. The van der Waals surface area contributed by atoms with E-state index in [1.807, 2.05) is 12.1 Å². The molecule has 0 aliphatic carbocycles. The molecule has 1 heterocycles. The predicted molar refractivity (Wildman–Crippen MR) is 114 cm³/mol. The molecule has 0 saturated heterocycles. The first kappa shape index (κ1) is 25.2. The van der Waals surface area contributed by atoms with Gasteiger partial charge in [-0.2, -0.15) is 0 Å². The summed E-state index contributed by atoms with van der Waals surface area (Å²) in [6.07, 6.45) is 4.61. The van der Waals surface area contributed by atoms with E-state index in [9.17, 15) is 0 Å². The van der Waals surface area contributed by atoms with E-state index in [0.29, 0.717) is 26.4 Å². The van der Waals surface area contributed by atoms with Crippen molar-refractivity contribution >= 4 is 29.9 Å². The SMILES string of the molecule is CCNC(=NCCCOCc1ccco1)NCCCCOCCOC.I. The van der Waals surface area contributed by atoms with Gasteiger partial charge in [-0.25, -0.2) is 0 Å². The van der Waals surface area contributed by atoms with Gasteiger partial charge in [-0.05, 0) is 38.3 Å². The summed E-state index contributed by atoms with van der Waals surface area (Å²) in [7, 11) is 1.68. The molecule has 0 saturated carbocycles. The molecule has 0 aromatic carbocycles. The molecule has 0 fully saturated rings. The van der Waals surface area contributed by atoms with Crippen LogP contribution in [0.15, 0.2) is 27.8 Å². The van der Waals surface area contributed by atoms with E-state index >= 15 is 0 Å². The molecule has 26 heavy (non-hydrogen) atoms. The molecular weight excluding hydrogens is 449 g/mol. The highest BCUT2D eigenvalue weighted by atomic mass is 127. The van der Waals surface area contributed by atoms with Crippen LogP contribution in [0.3, 0.4) is 0 Å². The van der Waals surface area contributed by atoms with E-state index in [2.05, 4.69) is 22.5 Å². The molecule has 1 aromatic rings. The first-order valence-electron chi connectivity index (χ1n) is 9.05. The minimum atomic E-state index is 0. The van der Waals surface area contributed by atoms with Crippen molar-refractivity contribution in [3.05, 3.63) is 24.2 Å². The van der Waals surface area contributed by atoms with Gasteiger partial charge < -0.3 is 29.3 Å². The lowest BCUT2D eigenvalue weighted by molar-refractivity contribution is 0.0689. The number of aliphatic imine (C=N–C) groups is 1. The molecular formula is C18H34IN3O4.